The predicted molar refractivity (Wildman–Crippen MR) is 138 cm³/mol. The molecule has 2 heterocycles. The number of rotatable bonds is 7. The van der Waals surface area contributed by atoms with E-state index in [0.717, 1.165) is 19.3 Å². The third-order valence-corrected chi connectivity index (χ3v) is 6.79. The summed E-state index contributed by atoms with van der Waals surface area (Å²) in [5.41, 5.74) is 2.67. The smallest absolute Gasteiger partial charge is 0.412 e. The summed E-state index contributed by atoms with van der Waals surface area (Å²) in [5, 5.41) is 7.23. The molecular formula is C27H30ClN3O6. The van der Waals surface area contributed by atoms with E-state index >= 15 is 0 Å². The molecule has 1 aliphatic rings. The van der Waals surface area contributed by atoms with Crippen molar-refractivity contribution in [3.05, 3.63) is 58.4 Å². The lowest BCUT2D eigenvalue weighted by Gasteiger charge is -2.28. The first-order valence-corrected chi connectivity index (χ1v) is 12.6. The van der Waals surface area contributed by atoms with Gasteiger partial charge in [0.2, 0.25) is 5.76 Å². The van der Waals surface area contributed by atoms with Crippen LogP contribution in [0.3, 0.4) is 0 Å². The molecule has 1 fully saturated rings. The number of pyridine rings is 1. The normalized spacial score (nSPS) is 18.1. The number of esters is 1. The standard InChI is InChI=1S/C27H30ClN3O6/c1-15-23(36-19-9-7-8-18(14-19)26(32)34-4)13-12-22(29-15)25-24(16(2)31-37-25)30-27(33)35-17(3)20-10-5-6-11-21(20)28/h5-6,10-13,17-19H,7-9,14H2,1-4H3,(H,30,33)/t17-,18+,19+/m1/s1. The third kappa shape index (κ3) is 6.22. The van der Waals surface area contributed by atoms with Crippen molar-refractivity contribution in [3.8, 4) is 17.2 Å². The van der Waals surface area contributed by atoms with Crippen LogP contribution in [-0.4, -0.2) is 35.4 Å². The number of hydrogen-bond donors (Lipinski definition) is 1. The Hall–Kier alpha value is -3.59. The van der Waals surface area contributed by atoms with Gasteiger partial charge in [-0.1, -0.05) is 35.0 Å². The zero-order chi connectivity index (χ0) is 26.5. The van der Waals surface area contributed by atoms with Crippen molar-refractivity contribution < 1.29 is 28.3 Å². The SMILES string of the molecule is COC(=O)[C@H]1CCC[C@H](Oc2ccc(-c3onc(C)c3NC(=O)O[C@H](C)c3ccccc3Cl)nc2C)C1. The summed E-state index contributed by atoms with van der Waals surface area (Å²) in [7, 11) is 1.41. The van der Waals surface area contributed by atoms with E-state index in [1.54, 1.807) is 38.1 Å². The van der Waals surface area contributed by atoms with Gasteiger partial charge in [-0.05, 0) is 64.7 Å². The lowest BCUT2D eigenvalue weighted by molar-refractivity contribution is -0.147. The van der Waals surface area contributed by atoms with Crippen LogP contribution in [-0.2, 0) is 14.3 Å². The van der Waals surface area contributed by atoms with Crippen LogP contribution in [0.4, 0.5) is 10.5 Å². The second-order valence-corrected chi connectivity index (χ2v) is 9.48. The van der Waals surface area contributed by atoms with E-state index in [-0.39, 0.29) is 18.0 Å². The van der Waals surface area contributed by atoms with Gasteiger partial charge in [0.15, 0.2) is 0 Å². The molecule has 1 saturated carbocycles. The summed E-state index contributed by atoms with van der Waals surface area (Å²) in [6.07, 6.45) is 1.84. The Morgan fingerprint density at radius 1 is 1.14 bits per heavy atom. The van der Waals surface area contributed by atoms with Gasteiger partial charge in [0.1, 0.15) is 28.9 Å². The molecule has 0 unspecified atom stereocenters. The van der Waals surface area contributed by atoms with E-state index < -0.39 is 12.2 Å². The predicted octanol–water partition coefficient (Wildman–Crippen LogP) is 6.43. The van der Waals surface area contributed by atoms with Gasteiger partial charge in [-0.25, -0.2) is 9.78 Å². The number of aryl methyl sites for hydroxylation is 2. The van der Waals surface area contributed by atoms with Crippen molar-refractivity contribution in [2.24, 2.45) is 5.92 Å². The summed E-state index contributed by atoms with van der Waals surface area (Å²) in [5.74, 6) is 0.581. The minimum absolute atomic E-state index is 0.0937. The van der Waals surface area contributed by atoms with Crippen molar-refractivity contribution in [1.82, 2.24) is 10.1 Å². The van der Waals surface area contributed by atoms with E-state index in [0.29, 0.717) is 51.3 Å². The van der Waals surface area contributed by atoms with E-state index in [9.17, 15) is 9.59 Å². The van der Waals surface area contributed by atoms with Gasteiger partial charge in [-0.15, -0.1) is 0 Å². The minimum atomic E-state index is -0.672. The molecule has 1 N–H and O–H groups in total. The highest BCUT2D eigenvalue weighted by Crippen LogP contribution is 2.34. The second kappa shape index (κ2) is 11.6. The zero-order valence-corrected chi connectivity index (χ0v) is 22.0. The van der Waals surface area contributed by atoms with Gasteiger partial charge < -0.3 is 18.7 Å². The molecule has 0 spiro atoms. The first kappa shape index (κ1) is 26.5. The zero-order valence-electron chi connectivity index (χ0n) is 21.2. The number of nitrogens with one attached hydrogen (secondary N) is 1. The van der Waals surface area contributed by atoms with Gasteiger partial charge in [-0.2, -0.15) is 0 Å². The maximum Gasteiger partial charge on any atom is 0.412 e. The molecule has 2 aromatic heterocycles. The highest BCUT2D eigenvalue weighted by Gasteiger charge is 2.29. The fourth-order valence-corrected chi connectivity index (χ4v) is 4.75. The van der Waals surface area contributed by atoms with Crippen LogP contribution in [0.2, 0.25) is 5.02 Å². The third-order valence-electron chi connectivity index (χ3n) is 6.44. The monoisotopic (exact) mass is 527 g/mol. The maximum atomic E-state index is 12.7. The Labute approximate surface area is 220 Å². The van der Waals surface area contributed by atoms with Crippen molar-refractivity contribution in [3.63, 3.8) is 0 Å². The highest BCUT2D eigenvalue weighted by atomic mass is 35.5. The summed E-state index contributed by atoms with van der Waals surface area (Å²) < 4.78 is 22.1. The first-order valence-electron chi connectivity index (χ1n) is 12.2. The lowest BCUT2D eigenvalue weighted by atomic mass is 9.87. The van der Waals surface area contributed by atoms with Crippen LogP contribution in [0.1, 0.15) is 55.7 Å². The van der Waals surface area contributed by atoms with Gasteiger partial charge in [0, 0.05) is 10.6 Å². The fraction of sp³-hybridized carbons (Fsp3) is 0.407. The average molecular weight is 528 g/mol. The molecule has 0 saturated heterocycles. The number of nitrogens with zero attached hydrogens (tertiary/aromatic N) is 2. The number of hydrogen-bond acceptors (Lipinski definition) is 8. The summed E-state index contributed by atoms with van der Waals surface area (Å²) in [6, 6.07) is 10.7. The average Bonchev–Trinajstić information content (AvgIpc) is 3.24. The van der Waals surface area contributed by atoms with Crippen molar-refractivity contribution in [2.45, 2.75) is 58.7 Å². The van der Waals surface area contributed by atoms with Gasteiger partial charge in [0.25, 0.3) is 0 Å². The van der Waals surface area contributed by atoms with Crippen molar-refractivity contribution in [1.29, 1.82) is 0 Å². The number of methoxy groups -OCH3 is 1. The van der Waals surface area contributed by atoms with E-state index in [4.69, 9.17) is 30.3 Å². The van der Waals surface area contributed by atoms with Crippen LogP contribution >= 0.6 is 11.6 Å². The van der Waals surface area contributed by atoms with Gasteiger partial charge in [0.05, 0.1) is 24.8 Å². The fourth-order valence-electron chi connectivity index (χ4n) is 4.46. The Balaban J connectivity index is 1.45. The Kier molecular flexibility index (Phi) is 8.33. The molecule has 0 bridgehead atoms. The number of benzene rings is 1. The van der Waals surface area contributed by atoms with Crippen molar-refractivity contribution >= 4 is 29.4 Å². The number of amides is 1. The van der Waals surface area contributed by atoms with Crippen LogP contribution in [0.25, 0.3) is 11.5 Å². The molecule has 0 radical (unpaired) electrons. The molecule has 3 aromatic rings. The van der Waals surface area contributed by atoms with E-state index in [2.05, 4.69) is 15.5 Å². The number of aromatic nitrogens is 2. The van der Waals surface area contributed by atoms with Crippen molar-refractivity contribution in [2.75, 3.05) is 12.4 Å². The highest BCUT2D eigenvalue weighted by molar-refractivity contribution is 6.31. The lowest BCUT2D eigenvalue weighted by Crippen LogP contribution is -2.30. The summed E-state index contributed by atoms with van der Waals surface area (Å²) in [4.78, 5) is 29.2. The molecule has 37 heavy (non-hydrogen) atoms. The number of carbonyl (C=O) groups excluding carboxylic acids is 2. The van der Waals surface area contributed by atoms with Gasteiger partial charge >= 0.3 is 12.1 Å². The Bertz CT molecular complexity index is 1280. The van der Waals surface area contributed by atoms with E-state index in [1.807, 2.05) is 19.1 Å². The molecule has 196 valence electrons. The van der Waals surface area contributed by atoms with Crippen LogP contribution in [0, 0.1) is 19.8 Å². The molecule has 3 atom stereocenters. The van der Waals surface area contributed by atoms with Gasteiger partial charge in [-0.3, -0.25) is 10.1 Å². The molecule has 0 aliphatic heterocycles. The second-order valence-electron chi connectivity index (χ2n) is 9.07. The molecule has 10 heteroatoms. The molecule has 1 amide bonds. The largest absolute Gasteiger partial charge is 0.489 e. The molecule has 9 nitrogen and oxygen atoms in total. The maximum absolute atomic E-state index is 12.7. The first-order chi connectivity index (χ1) is 17.8. The number of carbonyl (C=O) groups is 2. The number of ether oxygens (including phenoxy) is 3. The Morgan fingerprint density at radius 3 is 2.65 bits per heavy atom. The summed E-state index contributed by atoms with van der Waals surface area (Å²) in [6.45, 7) is 5.28. The number of halogens is 1. The molecule has 4 rings (SSSR count). The molecule has 1 aromatic carbocycles. The minimum Gasteiger partial charge on any atom is -0.489 e. The number of anilines is 1. The topological polar surface area (TPSA) is 113 Å². The van der Waals surface area contributed by atoms with Crippen LogP contribution in [0.5, 0.6) is 5.75 Å². The molecular weight excluding hydrogens is 498 g/mol. The Morgan fingerprint density at radius 2 is 1.92 bits per heavy atom. The quantitative estimate of drug-likeness (QED) is 0.350. The summed E-state index contributed by atoms with van der Waals surface area (Å²) >= 11 is 6.22. The van der Waals surface area contributed by atoms with Crippen LogP contribution in [0.15, 0.2) is 40.9 Å². The van der Waals surface area contributed by atoms with Crippen LogP contribution < -0.4 is 10.1 Å². The van der Waals surface area contributed by atoms with E-state index in [1.165, 1.54) is 7.11 Å². The molecule has 1 aliphatic carbocycles.